The SMILES string of the molecule is O=C(NCCc1ccccc1Cl)[C@@H](c1cccnc1)N1CCOCC1. The summed E-state index contributed by atoms with van der Waals surface area (Å²) in [5.74, 6) is -0.0121. The van der Waals surface area contributed by atoms with Crippen LogP contribution in [0.25, 0.3) is 0 Å². The maximum absolute atomic E-state index is 12.9. The molecule has 0 unspecified atom stereocenters. The number of morpholine rings is 1. The molecule has 5 nitrogen and oxygen atoms in total. The number of hydrogen-bond acceptors (Lipinski definition) is 4. The first-order chi connectivity index (χ1) is 12.3. The minimum absolute atomic E-state index is 0.0121. The van der Waals surface area contributed by atoms with Crippen molar-refractivity contribution in [1.82, 2.24) is 15.2 Å². The van der Waals surface area contributed by atoms with Gasteiger partial charge in [-0.1, -0.05) is 35.9 Å². The molecule has 6 heteroatoms. The summed E-state index contributed by atoms with van der Waals surface area (Å²) in [6, 6.07) is 11.2. The number of nitrogens with zero attached hydrogens (tertiary/aromatic N) is 2. The third kappa shape index (κ3) is 4.78. The molecule has 1 aliphatic rings. The lowest BCUT2D eigenvalue weighted by molar-refractivity contribution is -0.128. The summed E-state index contributed by atoms with van der Waals surface area (Å²) in [5.41, 5.74) is 1.94. The van der Waals surface area contributed by atoms with Crippen molar-refractivity contribution in [2.45, 2.75) is 12.5 Å². The Hall–Kier alpha value is -1.95. The highest BCUT2D eigenvalue weighted by Crippen LogP contribution is 2.21. The molecule has 0 saturated carbocycles. The lowest BCUT2D eigenvalue weighted by atomic mass is 10.1. The summed E-state index contributed by atoms with van der Waals surface area (Å²) in [6.07, 6.45) is 4.18. The molecule has 1 saturated heterocycles. The van der Waals surface area contributed by atoms with E-state index in [1.165, 1.54) is 0 Å². The minimum Gasteiger partial charge on any atom is -0.379 e. The van der Waals surface area contributed by atoms with Crippen molar-refractivity contribution in [2.75, 3.05) is 32.8 Å². The fourth-order valence-corrected chi connectivity index (χ4v) is 3.25. The van der Waals surface area contributed by atoms with Crippen LogP contribution in [-0.4, -0.2) is 48.6 Å². The van der Waals surface area contributed by atoms with Crippen LogP contribution >= 0.6 is 11.6 Å². The van der Waals surface area contributed by atoms with Gasteiger partial charge >= 0.3 is 0 Å². The van der Waals surface area contributed by atoms with Gasteiger partial charge in [-0.3, -0.25) is 14.7 Å². The second-order valence-electron chi connectivity index (χ2n) is 5.97. The summed E-state index contributed by atoms with van der Waals surface area (Å²) in [4.78, 5) is 19.2. The van der Waals surface area contributed by atoms with E-state index in [1.54, 1.807) is 12.4 Å². The van der Waals surface area contributed by atoms with E-state index >= 15 is 0 Å². The average molecular weight is 360 g/mol. The van der Waals surface area contributed by atoms with Crippen molar-refractivity contribution >= 4 is 17.5 Å². The summed E-state index contributed by atoms with van der Waals surface area (Å²) in [5, 5.41) is 3.78. The standard InChI is InChI=1S/C19H22ClN3O2/c20-17-6-2-1-4-15(17)7-9-22-19(24)18(16-5-3-8-21-14-16)23-10-12-25-13-11-23/h1-6,8,14,18H,7,9-13H2,(H,22,24)/t18-/m1/s1. The fraction of sp³-hybridized carbons (Fsp3) is 0.368. The van der Waals surface area contributed by atoms with E-state index in [0.29, 0.717) is 26.2 Å². The highest BCUT2D eigenvalue weighted by atomic mass is 35.5. The van der Waals surface area contributed by atoms with Gasteiger partial charge in [0.15, 0.2) is 0 Å². The number of benzene rings is 1. The van der Waals surface area contributed by atoms with E-state index in [1.807, 2.05) is 36.4 Å². The maximum Gasteiger partial charge on any atom is 0.242 e. The summed E-state index contributed by atoms with van der Waals surface area (Å²) >= 11 is 6.18. The van der Waals surface area contributed by atoms with Crippen LogP contribution in [-0.2, 0) is 16.0 Å². The second-order valence-corrected chi connectivity index (χ2v) is 6.38. The fourth-order valence-electron chi connectivity index (χ4n) is 3.02. The van der Waals surface area contributed by atoms with Crippen LogP contribution < -0.4 is 5.32 Å². The van der Waals surface area contributed by atoms with Crippen LogP contribution in [0.4, 0.5) is 0 Å². The van der Waals surface area contributed by atoms with Crippen LogP contribution in [0.3, 0.4) is 0 Å². The Bertz CT molecular complexity index is 690. The van der Waals surface area contributed by atoms with E-state index < -0.39 is 0 Å². The number of aromatic nitrogens is 1. The van der Waals surface area contributed by atoms with E-state index in [0.717, 1.165) is 29.2 Å². The Morgan fingerprint density at radius 2 is 2.04 bits per heavy atom. The van der Waals surface area contributed by atoms with Crippen molar-refractivity contribution < 1.29 is 9.53 Å². The molecular weight excluding hydrogens is 338 g/mol. The normalized spacial score (nSPS) is 16.4. The van der Waals surface area contributed by atoms with Crippen molar-refractivity contribution in [1.29, 1.82) is 0 Å². The van der Waals surface area contributed by atoms with Crippen LogP contribution in [0.2, 0.25) is 5.02 Å². The average Bonchev–Trinajstić information content (AvgIpc) is 2.65. The zero-order valence-electron chi connectivity index (χ0n) is 14.0. The molecule has 0 spiro atoms. The van der Waals surface area contributed by atoms with Crippen molar-refractivity contribution in [2.24, 2.45) is 0 Å². The van der Waals surface area contributed by atoms with Crippen LogP contribution in [0.1, 0.15) is 17.2 Å². The Morgan fingerprint density at radius 1 is 1.24 bits per heavy atom. The van der Waals surface area contributed by atoms with Gasteiger partial charge in [0.1, 0.15) is 6.04 Å². The van der Waals surface area contributed by atoms with Gasteiger partial charge in [0.2, 0.25) is 5.91 Å². The summed E-state index contributed by atoms with van der Waals surface area (Å²) in [7, 11) is 0. The monoisotopic (exact) mass is 359 g/mol. The molecule has 0 radical (unpaired) electrons. The number of rotatable bonds is 6. The third-order valence-electron chi connectivity index (χ3n) is 4.31. The topological polar surface area (TPSA) is 54.5 Å². The molecule has 1 aliphatic heterocycles. The number of hydrogen-bond donors (Lipinski definition) is 1. The molecular formula is C19H22ClN3O2. The highest BCUT2D eigenvalue weighted by molar-refractivity contribution is 6.31. The van der Waals surface area contributed by atoms with Crippen LogP contribution in [0, 0.1) is 0 Å². The lowest BCUT2D eigenvalue weighted by Crippen LogP contribution is -2.46. The van der Waals surface area contributed by atoms with Gasteiger partial charge in [0, 0.05) is 37.1 Å². The molecule has 1 aromatic heterocycles. The molecule has 1 N–H and O–H groups in total. The molecule has 1 aromatic carbocycles. The molecule has 0 aliphatic carbocycles. The van der Waals surface area contributed by atoms with Crippen LogP contribution in [0.15, 0.2) is 48.8 Å². The number of ether oxygens (including phenoxy) is 1. The second kappa shape index (κ2) is 8.94. The highest BCUT2D eigenvalue weighted by Gasteiger charge is 2.28. The van der Waals surface area contributed by atoms with Gasteiger partial charge in [-0.2, -0.15) is 0 Å². The molecule has 2 heterocycles. The first-order valence-corrected chi connectivity index (χ1v) is 8.86. The number of amides is 1. The Balaban J connectivity index is 1.65. The predicted octanol–water partition coefficient (Wildman–Crippen LogP) is 2.47. The minimum atomic E-state index is -0.344. The van der Waals surface area contributed by atoms with E-state index in [9.17, 15) is 4.79 Å². The molecule has 1 amide bonds. The van der Waals surface area contributed by atoms with Crippen molar-refractivity contribution in [3.8, 4) is 0 Å². The zero-order chi connectivity index (χ0) is 17.5. The molecule has 0 bridgehead atoms. The van der Waals surface area contributed by atoms with E-state index in [2.05, 4.69) is 15.2 Å². The quantitative estimate of drug-likeness (QED) is 0.860. The van der Waals surface area contributed by atoms with Gasteiger partial charge in [0.05, 0.1) is 13.2 Å². The molecule has 132 valence electrons. The number of nitrogens with one attached hydrogen (secondary N) is 1. The van der Waals surface area contributed by atoms with Gasteiger partial charge in [-0.05, 0) is 29.7 Å². The lowest BCUT2D eigenvalue weighted by Gasteiger charge is -2.33. The number of carbonyl (C=O) groups excluding carboxylic acids is 1. The van der Waals surface area contributed by atoms with Gasteiger partial charge in [0.25, 0.3) is 0 Å². The van der Waals surface area contributed by atoms with E-state index in [-0.39, 0.29) is 11.9 Å². The van der Waals surface area contributed by atoms with Crippen molar-refractivity contribution in [3.63, 3.8) is 0 Å². The largest absolute Gasteiger partial charge is 0.379 e. The number of pyridine rings is 1. The molecule has 1 atom stereocenters. The first-order valence-electron chi connectivity index (χ1n) is 8.48. The maximum atomic E-state index is 12.9. The first kappa shape index (κ1) is 17.9. The summed E-state index contributed by atoms with van der Waals surface area (Å²) < 4.78 is 5.41. The molecule has 3 rings (SSSR count). The number of carbonyl (C=O) groups is 1. The van der Waals surface area contributed by atoms with Crippen molar-refractivity contribution in [3.05, 3.63) is 64.9 Å². The van der Waals surface area contributed by atoms with Crippen LogP contribution in [0.5, 0.6) is 0 Å². The third-order valence-corrected chi connectivity index (χ3v) is 4.68. The Labute approximate surface area is 153 Å². The predicted molar refractivity (Wildman–Crippen MR) is 97.5 cm³/mol. The number of halogens is 1. The van der Waals surface area contributed by atoms with Gasteiger partial charge in [-0.25, -0.2) is 0 Å². The Morgan fingerprint density at radius 3 is 2.76 bits per heavy atom. The summed E-state index contributed by atoms with van der Waals surface area (Å²) in [6.45, 7) is 3.30. The Kier molecular flexibility index (Phi) is 6.39. The van der Waals surface area contributed by atoms with Gasteiger partial charge < -0.3 is 10.1 Å². The van der Waals surface area contributed by atoms with Gasteiger partial charge in [-0.15, -0.1) is 0 Å². The zero-order valence-corrected chi connectivity index (χ0v) is 14.8. The molecule has 1 fully saturated rings. The molecule has 2 aromatic rings. The molecule has 25 heavy (non-hydrogen) atoms. The van der Waals surface area contributed by atoms with E-state index in [4.69, 9.17) is 16.3 Å². The smallest absolute Gasteiger partial charge is 0.242 e.